The summed E-state index contributed by atoms with van der Waals surface area (Å²) in [5.74, 6) is 0.830. The summed E-state index contributed by atoms with van der Waals surface area (Å²) in [6, 6.07) is 10.4. The number of nitrogens with zero attached hydrogens (tertiary/aromatic N) is 3. The molecule has 4 rings (SSSR count). The third-order valence-electron chi connectivity index (χ3n) is 3.97. The van der Waals surface area contributed by atoms with Crippen molar-refractivity contribution >= 4 is 32.5 Å². The minimum absolute atomic E-state index is 0.0570. The monoisotopic (exact) mass is 337 g/mol. The van der Waals surface area contributed by atoms with Crippen molar-refractivity contribution in [3.8, 4) is 11.4 Å². The number of thiazole rings is 1. The SMILES string of the molecule is CC(C)c1nc2cc(O)ccc2c(=O)n1-c1ccc2ncsc2c1. The van der Waals surface area contributed by atoms with Crippen LogP contribution < -0.4 is 5.56 Å². The molecule has 1 N–H and O–H groups in total. The number of benzene rings is 2. The molecule has 2 heterocycles. The molecule has 4 aromatic rings. The van der Waals surface area contributed by atoms with Crippen LogP contribution in [-0.2, 0) is 0 Å². The van der Waals surface area contributed by atoms with Gasteiger partial charge in [-0.2, -0.15) is 0 Å². The predicted molar refractivity (Wildman–Crippen MR) is 96.3 cm³/mol. The molecule has 2 aromatic carbocycles. The molecule has 5 nitrogen and oxygen atoms in total. The molecule has 0 saturated heterocycles. The first-order valence-corrected chi connectivity index (χ1v) is 8.52. The van der Waals surface area contributed by atoms with Gasteiger partial charge in [-0.25, -0.2) is 9.97 Å². The molecular weight excluding hydrogens is 322 g/mol. The van der Waals surface area contributed by atoms with Crippen LogP contribution in [0.15, 0.2) is 46.7 Å². The number of fused-ring (bicyclic) bond motifs is 2. The summed E-state index contributed by atoms with van der Waals surface area (Å²) in [5, 5.41) is 10.2. The maximum absolute atomic E-state index is 13.1. The highest BCUT2D eigenvalue weighted by Crippen LogP contribution is 2.25. The smallest absolute Gasteiger partial charge is 0.265 e. The molecule has 0 unspecified atom stereocenters. The highest BCUT2D eigenvalue weighted by atomic mass is 32.1. The fourth-order valence-corrected chi connectivity index (χ4v) is 3.52. The van der Waals surface area contributed by atoms with E-state index in [1.807, 2.05) is 32.0 Å². The van der Waals surface area contributed by atoms with Crippen LogP contribution >= 0.6 is 11.3 Å². The van der Waals surface area contributed by atoms with Crippen molar-refractivity contribution < 1.29 is 5.11 Å². The zero-order valence-electron chi connectivity index (χ0n) is 13.2. The van der Waals surface area contributed by atoms with Crippen LogP contribution in [0.3, 0.4) is 0 Å². The van der Waals surface area contributed by atoms with Gasteiger partial charge in [-0.15, -0.1) is 11.3 Å². The molecule has 0 aliphatic rings. The number of aromatic hydroxyl groups is 1. The van der Waals surface area contributed by atoms with Crippen LogP contribution in [0.5, 0.6) is 5.75 Å². The lowest BCUT2D eigenvalue weighted by Gasteiger charge is -2.16. The van der Waals surface area contributed by atoms with E-state index in [-0.39, 0.29) is 17.2 Å². The minimum Gasteiger partial charge on any atom is -0.508 e. The molecule has 0 radical (unpaired) electrons. The Morgan fingerprint density at radius 1 is 1.12 bits per heavy atom. The minimum atomic E-state index is -0.132. The lowest BCUT2D eigenvalue weighted by atomic mass is 10.1. The first kappa shape index (κ1) is 14.8. The summed E-state index contributed by atoms with van der Waals surface area (Å²) in [6.45, 7) is 4.00. The van der Waals surface area contributed by atoms with E-state index in [2.05, 4.69) is 9.97 Å². The van der Waals surface area contributed by atoms with Gasteiger partial charge in [-0.3, -0.25) is 9.36 Å². The van der Waals surface area contributed by atoms with Crippen molar-refractivity contribution in [1.82, 2.24) is 14.5 Å². The summed E-state index contributed by atoms with van der Waals surface area (Å²) >= 11 is 1.54. The molecule has 0 aliphatic carbocycles. The van der Waals surface area contributed by atoms with Gasteiger partial charge >= 0.3 is 0 Å². The van der Waals surface area contributed by atoms with E-state index in [0.29, 0.717) is 16.7 Å². The first-order chi connectivity index (χ1) is 11.5. The maximum Gasteiger partial charge on any atom is 0.265 e. The van der Waals surface area contributed by atoms with E-state index in [1.165, 1.54) is 12.1 Å². The van der Waals surface area contributed by atoms with Gasteiger partial charge in [0.25, 0.3) is 5.56 Å². The fraction of sp³-hybridized carbons (Fsp3) is 0.167. The molecule has 24 heavy (non-hydrogen) atoms. The van der Waals surface area contributed by atoms with E-state index in [0.717, 1.165) is 15.9 Å². The van der Waals surface area contributed by atoms with Gasteiger partial charge in [0.2, 0.25) is 0 Å². The number of phenols is 1. The van der Waals surface area contributed by atoms with Crippen LogP contribution in [0.4, 0.5) is 0 Å². The third kappa shape index (κ3) is 2.27. The number of phenolic OH excluding ortho intramolecular Hbond substituents is 1. The lowest BCUT2D eigenvalue weighted by Crippen LogP contribution is -2.24. The van der Waals surface area contributed by atoms with E-state index >= 15 is 0 Å². The fourth-order valence-electron chi connectivity index (χ4n) is 2.81. The third-order valence-corrected chi connectivity index (χ3v) is 4.76. The maximum atomic E-state index is 13.1. The number of aromatic nitrogens is 3. The van der Waals surface area contributed by atoms with Crippen LogP contribution in [0.25, 0.3) is 26.8 Å². The zero-order chi connectivity index (χ0) is 16.8. The van der Waals surface area contributed by atoms with Gasteiger partial charge in [-0.1, -0.05) is 13.8 Å². The van der Waals surface area contributed by atoms with Crippen molar-refractivity contribution in [3.63, 3.8) is 0 Å². The molecule has 0 amide bonds. The number of hydrogen-bond acceptors (Lipinski definition) is 5. The average molecular weight is 337 g/mol. The van der Waals surface area contributed by atoms with Gasteiger partial charge in [0.15, 0.2) is 0 Å². The number of hydrogen-bond donors (Lipinski definition) is 1. The Morgan fingerprint density at radius 2 is 1.96 bits per heavy atom. The Bertz CT molecular complexity index is 1130. The second kappa shape index (κ2) is 5.42. The standard InChI is InChI=1S/C18H15N3O2S/c1-10(2)17-20-15-8-12(22)4-5-13(15)18(23)21(17)11-3-6-14-16(7-11)24-9-19-14/h3-10,22H,1-2H3. The normalized spacial score (nSPS) is 11.6. The highest BCUT2D eigenvalue weighted by Gasteiger charge is 2.16. The predicted octanol–water partition coefficient (Wildman–Crippen LogP) is 3.82. The van der Waals surface area contributed by atoms with Gasteiger partial charge < -0.3 is 5.11 Å². The second-order valence-corrected chi connectivity index (χ2v) is 6.86. The van der Waals surface area contributed by atoms with Crippen LogP contribution in [0, 0.1) is 0 Å². The summed E-state index contributed by atoms with van der Waals surface area (Å²) < 4.78 is 2.68. The van der Waals surface area contributed by atoms with Gasteiger partial charge in [0, 0.05) is 12.0 Å². The van der Waals surface area contributed by atoms with Crippen molar-refractivity contribution in [3.05, 3.63) is 58.1 Å². The molecule has 0 aliphatic heterocycles. The Kier molecular flexibility index (Phi) is 3.35. The van der Waals surface area contributed by atoms with Gasteiger partial charge in [0.05, 0.1) is 32.3 Å². The molecule has 0 saturated carbocycles. The Labute approximate surface area is 141 Å². The summed E-state index contributed by atoms with van der Waals surface area (Å²) in [6.07, 6.45) is 0. The molecule has 0 bridgehead atoms. The largest absolute Gasteiger partial charge is 0.508 e. The van der Waals surface area contributed by atoms with E-state index in [9.17, 15) is 9.90 Å². The van der Waals surface area contributed by atoms with Crippen molar-refractivity contribution in [2.75, 3.05) is 0 Å². The topological polar surface area (TPSA) is 68.0 Å². The Hall–Kier alpha value is -2.73. The molecular formula is C18H15N3O2S. The summed E-state index contributed by atoms with van der Waals surface area (Å²) in [4.78, 5) is 22.0. The van der Waals surface area contributed by atoms with Gasteiger partial charge in [0.1, 0.15) is 11.6 Å². The van der Waals surface area contributed by atoms with Gasteiger partial charge in [-0.05, 0) is 30.3 Å². The average Bonchev–Trinajstić information content (AvgIpc) is 3.01. The molecule has 0 spiro atoms. The van der Waals surface area contributed by atoms with Crippen LogP contribution in [0.2, 0.25) is 0 Å². The lowest BCUT2D eigenvalue weighted by molar-refractivity contribution is 0.476. The highest BCUT2D eigenvalue weighted by molar-refractivity contribution is 7.16. The van der Waals surface area contributed by atoms with E-state index in [4.69, 9.17) is 0 Å². The Balaban J connectivity index is 2.09. The van der Waals surface area contributed by atoms with E-state index in [1.54, 1.807) is 27.5 Å². The molecule has 0 atom stereocenters. The molecule has 0 fully saturated rings. The molecule has 2 aromatic heterocycles. The van der Waals surface area contributed by atoms with Crippen molar-refractivity contribution in [2.24, 2.45) is 0 Å². The number of rotatable bonds is 2. The van der Waals surface area contributed by atoms with Crippen LogP contribution in [0.1, 0.15) is 25.6 Å². The molecule has 120 valence electrons. The summed E-state index contributed by atoms with van der Waals surface area (Å²) in [5.41, 5.74) is 3.87. The second-order valence-electron chi connectivity index (χ2n) is 5.97. The molecule has 6 heteroatoms. The first-order valence-electron chi connectivity index (χ1n) is 7.64. The zero-order valence-corrected chi connectivity index (χ0v) is 14.0. The van der Waals surface area contributed by atoms with Crippen molar-refractivity contribution in [1.29, 1.82) is 0 Å². The van der Waals surface area contributed by atoms with Crippen LogP contribution in [-0.4, -0.2) is 19.6 Å². The quantitative estimate of drug-likeness (QED) is 0.604. The van der Waals surface area contributed by atoms with Crippen molar-refractivity contribution in [2.45, 2.75) is 19.8 Å². The summed E-state index contributed by atoms with van der Waals surface area (Å²) in [7, 11) is 0. The Morgan fingerprint density at radius 3 is 2.75 bits per heavy atom. The van der Waals surface area contributed by atoms with E-state index < -0.39 is 0 Å².